The van der Waals surface area contributed by atoms with Gasteiger partial charge in [0.05, 0.1) is 11.6 Å². The van der Waals surface area contributed by atoms with Crippen molar-refractivity contribution in [2.45, 2.75) is 6.92 Å². The molecule has 0 atom stereocenters. The van der Waals surface area contributed by atoms with Crippen LogP contribution >= 0.6 is 11.6 Å². The molecule has 2 rings (SSSR count). The maximum atomic E-state index is 11.7. The minimum Gasteiger partial charge on any atom is -0.479 e. The summed E-state index contributed by atoms with van der Waals surface area (Å²) in [5.74, 6) is 6.22. The van der Waals surface area contributed by atoms with E-state index in [0.29, 0.717) is 10.8 Å². The first-order chi connectivity index (χ1) is 11.1. The second-order valence-electron chi connectivity index (χ2n) is 4.75. The van der Waals surface area contributed by atoms with Crippen molar-refractivity contribution < 1.29 is 9.53 Å². The molecule has 5 heteroatoms. The van der Waals surface area contributed by atoms with Gasteiger partial charge in [0.1, 0.15) is 12.4 Å². The topological polar surface area (TPSA) is 50.4 Å². The quantitative estimate of drug-likeness (QED) is 0.837. The van der Waals surface area contributed by atoms with E-state index in [1.807, 2.05) is 43.3 Å². The molecule has 0 heterocycles. The summed E-state index contributed by atoms with van der Waals surface area (Å²) < 4.78 is 5.42. The maximum Gasteiger partial charge on any atom is 0.319 e. The second-order valence-corrected chi connectivity index (χ2v) is 5.15. The summed E-state index contributed by atoms with van der Waals surface area (Å²) >= 11 is 5.95. The molecule has 2 aromatic rings. The van der Waals surface area contributed by atoms with Gasteiger partial charge in [-0.05, 0) is 31.2 Å². The molecule has 2 amide bonds. The van der Waals surface area contributed by atoms with Crippen molar-refractivity contribution in [1.82, 2.24) is 5.32 Å². The predicted molar refractivity (Wildman–Crippen MR) is 92.9 cm³/mol. The lowest BCUT2D eigenvalue weighted by atomic mass is 10.2. The Labute approximate surface area is 140 Å². The van der Waals surface area contributed by atoms with Gasteiger partial charge in [0, 0.05) is 5.69 Å². The molecule has 0 aliphatic carbocycles. The van der Waals surface area contributed by atoms with Crippen molar-refractivity contribution in [3.63, 3.8) is 0 Å². The van der Waals surface area contributed by atoms with Crippen LogP contribution in [0.25, 0.3) is 0 Å². The molecular weight excluding hydrogens is 312 g/mol. The third-order valence-electron chi connectivity index (χ3n) is 2.91. The van der Waals surface area contributed by atoms with E-state index in [0.717, 1.165) is 11.3 Å². The van der Waals surface area contributed by atoms with Gasteiger partial charge in [-0.2, -0.15) is 0 Å². The highest BCUT2D eigenvalue weighted by atomic mass is 35.5. The molecule has 0 fully saturated rings. The largest absolute Gasteiger partial charge is 0.479 e. The molecule has 4 nitrogen and oxygen atoms in total. The zero-order chi connectivity index (χ0) is 16.5. The molecule has 0 saturated heterocycles. The Bertz CT molecular complexity index is 718. The first-order valence-corrected chi connectivity index (χ1v) is 7.47. The fourth-order valence-corrected chi connectivity index (χ4v) is 1.92. The minimum atomic E-state index is -0.296. The van der Waals surface area contributed by atoms with Gasteiger partial charge >= 0.3 is 6.03 Å². The molecule has 0 aliphatic heterocycles. The van der Waals surface area contributed by atoms with Gasteiger partial charge in [0.25, 0.3) is 0 Å². The van der Waals surface area contributed by atoms with Crippen LogP contribution in [0.1, 0.15) is 5.56 Å². The van der Waals surface area contributed by atoms with E-state index in [4.69, 9.17) is 16.3 Å². The van der Waals surface area contributed by atoms with E-state index in [-0.39, 0.29) is 19.2 Å². The molecule has 0 aliphatic rings. The number of carbonyl (C=O) groups is 1. The third kappa shape index (κ3) is 5.93. The monoisotopic (exact) mass is 328 g/mol. The van der Waals surface area contributed by atoms with Crippen molar-refractivity contribution in [3.8, 4) is 17.6 Å². The van der Waals surface area contributed by atoms with Crippen LogP contribution < -0.4 is 15.4 Å². The van der Waals surface area contributed by atoms with E-state index >= 15 is 0 Å². The number of carbonyl (C=O) groups excluding carboxylic acids is 1. The number of hydrogen-bond acceptors (Lipinski definition) is 2. The highest BCUT2D eigenvalue weighted by molar-refractivity contribution is 6.32. The molecule has 0 aromatic heterocycles. The zero-order valence-corrected chi connectivity index (χ0v) is 13.5. The fourth-order valence-electron chi connectivity index (χ4n) is 1.73. The average molecular weight is 329 g/mol. The lowest BCUT2D eigenvalue weighted by Gasteiger charge is -2.05. The number of halogens is 1. The smallest absolute Gasteiger partial charge is 0.319 e. The van der Waals surface area contributed by atoms with E-state index in [1.165, 1.54) is 0 Å². The van der Waals surface area contributed by atoms with Crippen molar-refractivity contribution in [1.29, 1.82) is 0 Å². The van der Waals surface area contributed by atoms with E-state index in [9.17, 15) is 4.79 Å². The van der Waals surface area contributed by atoms with Crippen LogP contribution in [0.4, 0.5) is 10.5 Å². The Hall–Kier alpha value is -2.64. The number of benzene rings is 2. The molecule has 23 heavy (non-hydrogen) atoms. The average Bonchev–Trinajstić information content (AvgIpc) is 2.54. The van der Waals surface area contributed by atoms with Crippen molar-refractivity contribution in [3.05, 3.63) is 59.1 Å². The number of anilines is 1. The summed E-state index contributed by atoms with van der Waals surface area (Å²) in [4.78, 5) is 11.7. The molecule has 0 radical (unpaired) electrons. The summed E-state index contributed by atoms with van der Waals surface area (Å²) in [5.41, 5.74) is 1.88. The van der Waals surface area contributed by atoms with Crippen molar-refractivity contribution >= 4 is 23.3 Å². The number of rotatable bonds is 4. The number of urea groups is 1. The van der Waals surface area contributed by atoms with Gasteiger partial charge in [-0.1, -0.05) is 53.3 Å². The summed E-state index contributed by atoms with van der Waals surface area (Å²) in [5, 5.41) is 5.92. The number of nitrogens with one attached hydrogen (secondary N) is 2. The highest BCUT2D eigenvalue weighted by Crippen LogP contribution is 2.22. The predicted octanol–water partition coefficient (Wildman–Crippen LogP) is 3.85. The van der Waals surface area contributed by atoms with Gasteiger partial charge in [-0.25, -0.2) is 4.79 Å². The SMILES string of the molecule is Cc1ccc(NC(=O)NCC#CCOc2ccccc2Cl)cc1. The molecule has 2 aromatic carbocycles. The summed E-state index contributed by atoms with van der Waals surface area (Å²) in [7, 11) is 0. The number of para-hydroxylation sites is 1. The first kappa shape index (κ1) is 16.7. The van der Waals surface area contributed by atoms with E-state index in [2.05, 4.69) is 22.5 Å². The highest BCUT2D eigenvalue weighted by Gasteiger charge is 1.99. The van der Waals surface area contributed by atoms with Gasteiger partial charge in [0.15, 0.2) is 0 Å². The summed E-state index contributed by atoms with van der Waals surface area (Å²) in [6, 6.07) is 14.5. The van der Waals surface area contributed by atoms with Crippen LogP contribution in [0, 0.1) is 18.8 Å². The Morgan fingerprint density at radius 3 is 2.61 bits per heavy atom. The van der Waals surface area contributed by atoms with Crippen LogP contribution in [0.15, 0.2) is 48.5 Å². The third-order valence-corrected chi connectivity index (χ3v) is 3.22. The molecule has 0 bridgehead atoms. The maximum absolute atomic E-state index is 11.7. The second kappa shape index (κ2) is 8.72. The Morgan fingerprint density at radius 1 is 1.13 bits per heavy atom. The van der Waals surface area contributed by atoms with Crippen LogP contribution in [-0.2, 0) is 0 Å². The van der Waals surface area contributed by atoms with E-state index < -0.39 is 0 Å². The van der Waals surface area contributed by atoms with Crippen molar-refractivity contribution in [2.24, 2.45) is 0 Å². The standard InChI is InChI=1S/C18H17ClN2O2/c1-14-8-10-15(11-9-14)21-18(22)20-12-4-5-13-23-17-7-3-2-6-16(17)19/h2-3,6-11H,12-13H2,1H3,(H2,20,21,22). The zero-order valence-electron chi connectivity index (χ0n) is 12.7. The Kier molecular flexibility index (Phi) is 6.34. The van der Waals surface area contributed by atoms with Crippen LogP contribution in [0.3, 0.4) is 0 Å². The van der Waals surface area contributed by atoms with Gasteiger partial charge in [0.2, 0.25) is 0 Å². The van der Waals surface area contributed by atoms with E-state index in [1.54, 1.807) is 12.1 Å². The molecule has 2 N–H and O–H groups in total. The Balaban J connectivity index is 1.68. The summed E-state index contributed by atoms with van der Waals surface area (Å²) in [6.45, 7) is 2.44. The van der Waals surface area contributed by atoms with Gasteiger partial charge in [-0.3, -0.25) is 0 Å². The molecule has 0 spiro atoms. The van der Waals surface area contributed by atoms with Gasteiger partial charge in [-0.15, -0.1) is 0 Å². The lowest BCUT2D eigenvalue weighted by molar-refractivity contribution is 0.253. The molecular formula is C18H17ClN2O2. The van der Waals surface area contributed by atoms with Crippen LogP contribution in [0.5, 0.6) is 5.75 Å². The van der Waals surface area contributed by atoms with Crippen LogP contribution in [0.2, 0.25) is 5.02 Å². The minimum absolute atomic E-state index is 0.213. The molecule has 0 saturated carbocycles. The van der Waals surface area contributed by atoms with Crippen molar-refractivity contribution in [2.75, 3.05) is 18.5 Å². The fraction of sp³-hybridized carbons (Fsp3) is 0.167. The number of hydrogen-bond donors (Lipinski definition) is 2. The number of amides is 2. The molecule has 118 valence electrons. The lowest BCUT2D eigenvalue weighted by Crippen LogP contribution is -2.28. The number of aryl methyl sites for hydroxylation is 1. The Morgan fingerprint density at radius 2 is 1.87 bits per heavy atom. The van der Waals surface area contributed by atoms with Gasteiger partial charge < -0.3 is 15.4 Å². The normalized spacial score (nSPS) is 9.48. The van der Waals surface area contributed by atoms with Crippen LogP contribution in [-0.4, -0.2) is 19.2 Å². The first-order valence-electron chi connectivity index (χ1n) is 7.10. The molecule has 0 unspecified atom stereocenters. The number of ether oxygens (including phenoxy) is 1. The summed E-state index contributed by atoms with van der Waals surface area (Å²) in [6.07, 6.45) is 0.